The van der Waals surface area contributed by atoms with Crippen LogP contribution in [0.1, 0.15) is 55.7 Å². The predicted octanol–water partition coefficient (Wildman–Crippen LogP) is 4.37. The largest absolute Gasteiger partial charge is 0.370 e. The van der Waals surface area contributed by atoms with Crippen LogP contribution in [0.15, 0.2) is 12.1 Å². The van der Waals surface area contributed by atoms with Crippen LogP contribution in [-0.2, 0) is 11.2 Å². The molecule has 3 unspecified atom stereocenters. The van der Waals surface area contributed by atoms with Crippen molar-refractivity contribution in [1.82, 2.24) is 0 Å². The summed E-state index contributed by atoms with van der Waals surface area (Å²) in [6, 6.07) is 4.61. The standard InChI is InChI=1S/C14H22OS/c1-4-10(9-13-12(6-3)15-13)14-8-7-11(5-2)16-14/h7-8,10,12-13H,4-6,9H2,1-3H3. The van der Waals surface area contributed by atoms with Gasteiger partial charge < -0.3 is 4.74 Å². The third-order valence-corrected chi connectivity index (χ3v) is 4.92. The van der Waals surface area contributed by atoms with E-state index in [1.54, 1.807) is 4.88 Å². The Morgan fingerprint density at radius 2 is 2.06 bits per heavy atom. The molecule has 16 heavy (non-hydrogen) atoms. The second-order valence-corrected chi connectivity index (χ2v) is 5.82. The van der Waals surface area contributed by atoms with E-state index in [9.17, 15) is 0 Å². The van der Waals surface area contributed by atoms with Gasteiger partial charge in [-0.15, -0.1) is 11.3 Å². The fourth-order valence-corrected chi connectivity index (χ4v) is 3.46. The third kappa shape index (κ3) is 2.67. The van der Waals surface area contributed by atoms with Crippen LogP contribution in [0.2, 0.25) is 0 Å². The summed E-state index contributed by atoms with van der Waals surface area (Å²) in [6.45, 7) is 6.74. The van der Waals surface area contributed by atoms with E-state index < -0.39 is 0 Å². The van der Waals surface area contributed by atoms with Gasteiger partial charge in [-0.2, -0.15) is 0 Å². The van der Waals surface area contributed by atoms with Crippen molar-refractivity contribution in [3.05, 3.63) is 21.9 Å². The molecule has 2 rings (SSSR count). The van der Waals surface area contributed by atoms with Crippen LogP contribution in [0, 0.1) is 0 Å². The molecule has 2 heterocycles. The van der Waals surface area contributed by atoms with Gasteiger partial charge in [-0.3, -0.25) is 0 Å². The van der Waals surface area contributed by atoms with Crippen LogP contribution in [-0.4, -0.2) is 12.2 Å². The maximum Gasteiger partial charge on any atom is 0.0847 e. The summed E-state index contributed by atoms with van der Waals surface area (Å²) in [4.78, 5) is 3.07. The zero-order valence-corrected chi connectivity index (χ0v) is 11.3. The number of thiophene rings is 1. The van der Waals surface area contributed by atoms with Crippen molar-refractivity contribution in [2.24, 2.45) is 0 Å². The van der Waals surface area contributed by atoms with Crippen molar-refractivity contribution in [2.75, 3.05) is 0 Å². The van der Waals surface area contributed by atoms with Gasteiger partial charge in [0.2, 0.25) is 0 Å². The summed E-state index contributed by atoms with van der Waals surface area (Å²) in [7, 11) is 0. The summed E-state index contributed by atoms with van der Waals surface area (Å²) >= 11 is 1.99. The molecule has 0 bridgehead atoms. The van der Waals surface area contributed by atoms with Gasteiger partial charge in [-0.25, -0.2) is 0 Å². The van der Waals surface area contributed by atoms with Crippen LogP contribution in [0.3, 0.4) is 0 Å². The molecule has 1 nitrogen and oxygen atoms in total. The number of epoxide rings is 1. The summed E-state index contributed by atoms with van der Waals surface area (Å²) in [5.41, 5.74) is 0. The first kappa shape index (κ1) is 12.1. The van der Waals surface area contributed by atoms with Crippen LogP contribution in [0.4, 0.5) is 0 Å². The molecule has 90 valence electrons. The van der Waals surface area contributed by atoms with Gasteiger partial charge in [0.15, 0.2) is 0 Å². The fraction of sp³-hybridized carbons (Fsp3) is 0.714. The minimum absolute atomic E-state index is 0.544. The van der Waals surface area contributed by atoms with Crippen molar-refractivity contribution in [3.8, 4) is 0 Å². The minimum atomic E-state index is 0.544. The lowest BCUT2D eigenvalue weighted by molar-refractivity contribution is 0.349. The Morgan fingerprint density at radius 1 is 1.25 bits per heavy atom. The minimum Gasteiger partial charge on any atom is -0.370 e. The van der Waals surface area contributed by atoms with Gasteiger partial charge in [-0.05, 0) is 43.7 Å². The third-order valence-electron chi connectivity index (χ3n) is 3.53. The van der Waals surface area contributed by atoms with Crippen LogP contribution >= 0.6 is 11.3 Å². The quantitative estimate of drug-likeness (QED) is 0.670. The molecular formula is C14H22OS. The number of rotatable bonds is 6. The lowest BCUT2D eigenvalue weighted by Gasteiger charge is -2.10. The first-order valence-corrected chi connectivity index (χ1v) is 7.34. The summed E-state index contributed by atoms with van der Waals surface area (Å²) < 4.78 is 5.66. The molecule has 1 aromatic heterocycles. The molecule has 1 saturated heterocycles. The van der Waals surface area contributed by atoms with Gasteiger partial charge in [0.1, 0.15) is 0 Å². The smallest absolute Gasteiger partial charge is 0.0847 e. The van der Waals surface area contributed by atoms with E-state index in [0.29, 0.717) is 18.1 Å². The Labute approximate surface area is 103 Å². The Kier molecular flexibility index (Phi) is 4.04. The van der Waals surface area contributed by atoms with Gasteiger partial charge in [0.05, 0.1) is 12.2 Å². The molecule has 0 amide bonds. The highest BCUT2D eigenvalue weighted by atomic mass is 32.1. The monoisotopic (exact) mass is 238 g/mol. The Hall–Kier alpha value is -0.340. The molecule has 1 aromatic rings. The number of hydrogen-bond donors (Lipinski definition) is 0. The Bertz CT molecular complexity index is 331. The zero-order valence-electron chi connectivity index (χ0n) is 10.5. The van der Waals surface area contributed by atoms with Crippen LogP contribution in [0.5, 0.6) is 0 Å². The lowest BCUT2D eigenvalue weighted by Crippen LogP contribution is -2.02. The highest BCUT2D eigenvalue weighted by Gasteiger charge is 2.38. The second-order valence-electron chi connectivity index (χ2n) is 4.62. The molecule has 1 fully saturated rings. The maximum atomic E-state index is 5.66. The zero-order chi connectivity index (χ0) is 11.5. The van der Waals surface area contributed by atoms with Gasteiger partial charge in [0, 0.05) is 9.75 Å². The summed E-state index contributed by atoms with van der Waals surface area (Å²) in [5, 5.41) is 0. The van der Waals surface area contributed by atoms with E-state index in [1.165, 1.54) is 30.6 Å². The van der Waals surface area contributed by atoms with Crippen molar-refractivity contribution in [3.63, 3.8) is 0 Å². The van der Waals surface area contributed by atoms with Crippen molar-refractivity contribution in [1.29, 1.82) is 0 Å². The molecule has 0 N–H and O–H groups in total. The van der Waals surface area contributed by atoms with Gasteiger partial charge in [0.25, 0.3) is 0 Å². The average molecular weight is 238 g/mol. The molecule has 1 aliphatic heterocycles. The van der Waals surface area contributed by atoms with Gasteiger partial charge in [-0.1, -0.05) is 20.8 Å². The number of aryl methyl sites for hydroxylation is 1. The van der Waals surface area contributed by atoms with Crippen molar-refractivity contribution < 1.29 is 4.74 Å². The highest BCUT2D eigenvalue weighted by Crippen LogP contribution is 2.38. The molecule has 1 aliphatic rings. The highest BCUT2D eigenvalue weighted by molar-refractivity contribution is 7.12. The molecule has 0 aromatic carbocycles. The Morgan fingerprint density at radius 3 is 2.56 bits per heavy atom. The molecule has 0 spiro atoms. The topological polar surface area (TPSA) is 12.5 Å². The van der Waals surface area contributed by atoms with Gasteiger partial charge >= 0.3 is 0 Å². The SMILES string of the molecule is CCc1ccc(C(CC)CC2OC2CC)s1. The van der Waals surface area contributed by atoms with Crippen LogP contribution < -0.4 is 0 Å². The molecular weight excluding hydrogens is 216 g/mol. The predicted molar refractivity (Wildman–Crippen MR) is 70.3 cm³/mol. The average Bonchev–Trinajstić information content (AvgIpc) is 2.90. The maximum absolute atomic E-state index is 5.66. The lowest BCUT2D eigenvalue weighted by atomic mass is 9.97. The fourth-order valence-electron chi connectivity index (χ4n) is 2.31. The van der Waals surface area contributed by atoms with E-state index in [-0.39, 0.29) is 0 Å². The van der Waals surface area contributed by atoms with Crippen molar-refractivity contribution >= 4 is 11.3 Å². The molecule has 3 atom stereocenters. The number of hydrogen-bond acceptors (Lipinski definition) is 2. The summed E-state index contributed by atoms with van der Waals surface area (Å²) in [6.07, 6.45) is 5.89. The van der Waals surface area contributed by atoms with E-state index in [2.05, 4.69) is 32.9 Å². The first-order valence-electron chi connectivity index (χ1n) is 6.52. The normalized spacial score (nSPS) is 25.7. The Balaban J connectivity index is 1.94. The first-order chi connectivity index (χ1) is 7.78. The number of ether oxygens (including phenoxy) is 1. The molecule has 0 radical (unpaired) electrons. The molecule has 2 heteroatoms. The van der Waals surface area contributed by atoms with Crippen LogP contribution in [0.25, 0.3) is 0 Å². The molecule has 0 aliphatic carbocycles. The van der Waals surface area contributed by atoms with E-state index in [0.717, 1.165) is 0 Å². The summed E-state index contributed by atoms with van der Waals surface area (Å²) in [5.74, 6) is 0.715. The van der Waals surface area contributed by atoms with Crippen molar-refractivity contribution in [2.45, 2.75) is 64.6 Å². The molecule has 0 saturated carbocycles. The van der Waals surface area contributed by atoms with E-state index in [4.69, 9.17) is 4.74 Å². The second kappa shape index (κ2) is 5.33. The van der Waals surface area contributed by atoms with E-state index in [1.807, 2.05) is 11.3 Å². The van der Waals surface area contributed by atoms with E-state index >= 15 is 0 Å².